The Balaban J connectivity index is 2.04. The SMILES string of the molecule is O=C(O)CC1COCCN1C(=O)c1ccc(OCC(F)(F)F)cc1. The van der Waals surface area contributed by atoms with E-state index in [2.05, 4.69) is 4.74 Å². The monoisotopic (exact) mass is 347 g/mol. The first-order chi connectivity index (χ1) is 11.3. The molecule has 0 aliphatic carbocycles. The van der Waals surface area contributed by atoms with Gasteiger partial charge in [0.2, 0.25) is 0 Å². The van der Waals surface area contributed by atoms with E-state index in [0.29, 0.717) is 6.61 Å². The van der Waals surface area contributed by atoms with Crippen molar-refractivity contribution in [3.8, 4) is 5.75 Å². The lowest BCUT2D eigenvalue weighted by molar-refractivity contribution is -0.153. The summed E-state index contributed by atoms with van der Waals surface area (Å²) in [6.07, 6.45) is -4.68. The summed E-state index contributed by atoms with van der Waals surface area (Å²) in [6, 6.07) is 4.66. The highest BCUT2D eigenvalue weighted by Gasteiger charge is 2.30. The van der Waals surface area contributed by atoms with Gasteiger partial charge in [0.05, 0.1) is 25.7 Å². The number of carbonyl (C=O) groups is 2. The molecule has 0 aromatic heterocycles. The van der Waals surface area contributed by atoms with E-state index in [0.717, 1.165) is 0 Å². The van der Waals surface area contributed by atoms with Gasteiger partial charge in [-0.15, -0.1) is 0 Å². The Morgan fingerprint density at radius 3 is 2.54 bits per heavy atom. The lowest BCUT2D eigenvalue weighted by Crippen LogP contribution is -2.49. The van der Waals surface area contributed by atoms with Crippen LogP contribution in [-0.4, -0.2) is 60.5 Å². The van der Waals surface area contributed by atoms with Crippen molar-refractivity contribution >= 4 is 11.9 Å². The van der Waals surface area contributed by atoms with Gasteiger partial charge in [0, 0.05) is 12.1 Å². The molecule has 0 spiro atoms. The van der Waals surface area contributed by atoms with E-state index in [-0.39, 0.29) is 30.9 Å². The molecule has 6 nitrogen and oxygen atoms in total. The third-order valence-corrected chi connectivity index (χ3v) is 3.40. The molecule has 2 rings (SSSR count). The van der Waals surface area contributed by atoms with E-state index in [9.17, 15) is 22.8 Å². The maximum atomic E-state index is 12.5. The average molecular weight is 347 g/mol. The number of carboxylic acid groups (broad SMARTS) is 1. The lowest BCUT2D eigenvalue weighted by Gasteiger charge is -2.34. The van der Waals surface area contributed by atoms with E-state index in [1.54, 1.807) is 0 Å². The number of nitrogens with zero attached hydrogens (tertiary/aromatic N) is 1. The van der Waals surface area contributed by atoms with Gasteiger partial charge in [0.1, 0.15) is 5.75 Å². The fourth-order valence-corrected chi connectivity index (χ4v) is 2.32. The smallest absolute Gasteiger partial charge is 0.422 e. The summed E-state index contributed by atoms with van der Waals surface area (Å²) >= 11 is 0. The van der Waals surface area contributed by atoms with Crippen LogP contribution in [0.5, 0.6) is 5.75 Å². The highest BCUT2D eigenvalue weighted by atomic mass is 19.4. The Labute approximate surface area is 135 Å². The molecule has 0 radical (unpaired) electrons. The fourth-order valence-electron chi connectivity index (χ4n) is 2.32. The maximum absolute atomic E-state index is 12.5. The molecule has 0 saturated carbocycles. The zero-order chi connectivity index (χ0) is 17.7. The number of carboxylic acids is 1. The van der Waals surface area contributed by atoms with Crippen LogP contribution < -0.4 is 4.74 Å². The van der Waals surface area contributed by atoms with Crippen LogP contribution in [0.3, 0.4) is 0 Å². The number of ether oxygens (including phenoxy) is 2. The van der Waals surface area contributed by atoms with Crippen LogP contribution in [0.2, 0.25) is 0 Å². The van der Waals surface area contributed by atoms with Crippen LogP contribution in [0.1, 0.15) is 16.8 Å². The molecule has 1 aliphatic heterocycles. The zero-order valence-corrected chi connectivity index (χ0v) is 12.6. The molecule has 1 saturated heterocycles. The number of carbonyl (C=O) groups excluding carboxylic acids is 1. The second-order valence-corrected chi connectivity index (χ2v) is 5.25. The van der Waals surface area contributed by atoms with E-state index < -0.39 is 30.7 Å². The van der Waals surface area contributed by atoms with Crippen molar-refractivity contribution in [1.82, 2.24) is 4.90 Å². The molecule has 1 unspecified atom stereocenters. The lowest BCUT2D eigenvalue weighted by atomic mass is 10.1. The number of aliphatic carboxylic acids is 1. The number of rotatable bonds is 5. The molecule has 24 heavy (non-hydrogen) atoms. The number of hydrogen-bond acceptors (Lipinski definition) is 4. The Morgan fingerprint density at radius 1 is 1.29 bits per heavy atom. The molecule has 1 aliphatic rings. The van der Waals surface area contributed by atoms with Gasteiger partial charge in [0.15, 0.2) is 6.61 Å². The summed E-state index contributed by atoms with van der Waals surface area (Å²) in [5, 5.41) is 8.90. The Hall–Kier alpha value is -2.29. The first-order valence-corrected chi connectivity index (χ1v) is 7.16. The van der Waals surface area contributed by atoms with Crippen molar-refractivity contribution in [1.29, 1.82) is 0 Å². The van der Waals surface area contributed by atoms with Crippen molar-refractivity contribution < 1.29 is 37.3 Å². The van der Waals surface area contributed by atoms with Crippen LogP contribution in [0.15, 0.2) is 24.3 Å². The first-order valence-electron chi connectivity index (χ1n) is 7.16. The van der Waals surface area contributed by atoms with Crippen molar-refractivity contribution in [2.75, 3.05) is 26.4 Å². The summed E-state index contributed by atoms with van der Waals surface area (Å²) in [6.45, 7) is -0.729. The molecule has 1 atom stereocenters. The van der Waals surface area contributed by atoms with Crippen LogP contribution in [0, 0.1) is 0 Å². The standard InChI is InChI=1S/C15H16F3NO5/c16-15(17,18)9-24-12-3-1-10(2-4-12)14(22)19-5-6-23-8-11(19)7-13(20)21/h1-4,11H,5-9H2,(H,20,21). The number of hydrogen-bond donors (Lipinski definition) is 1. The van der Waals surface area contributed by atoms with Gasteiger partial charge in [-0.3, -0.25) is 9.59 Å². The van der Waals surface area contributed by atoms with Crippen LogP contribution in [-0.2, 0) is 9.53 Å². The van der Waals surface area contributed by atoms with E-state index >= 15 is 0 Å². The van der Waals surface area contributed by atoms with Gasteiger partial charge in [-0.1, -0.05) is 0 Å². The molecule has 1 aromatic carbocycles. The fraction of sp³-hybridized carbons (Fsp3) is 0.467. The molecule has 1 heterocycles. The second kappa shape index (κ2) is 7.52. The van der Waals surface area contributed by atoms with Crippen LogP contribution >= 0.6 is 0 Å². The van der Waals surface area contributed by atoms with Crippen molar-refractivity contribution in [3.05, 3.63) is 29.8 Å². The number of benzene rings is 1. The Bertz CT molecular complexity index is 588. The first kappa shape index (κ1) is 18.1. The largest absolute Gasteiger partial charge is 0.484 e. The van der Waals surface area contributed by atoms with Gasteiger partial charge >= 0.3 is 12.1 Å². The minimum atomic E-state index is -4.44. The topological polar surface area (TPSA) is 76.1 Å². The Kier molecular flexibility index (Phi) is 5.66. The average Bonchev–Trinajstić information content (AvgIpc) is 2.52. The summed E-state index contributed by atoms with van der Waals surface area (Å²) in [7, 11) is 0. The minimum absolute atomic E-state index is 0.00654. The molecule has 1 amide bonds. The van der Waals surface area contributed by atoms with Gasteiger partial charge in [-0.25, -0.2) is 0 Å². The second-order valence-electron chi connectivity index (χ2n) is 5.25. The molecule has 1 N–H and O–H groups in total. The van der Waals surface area contributed by atoms with Gasteiger partial charge in [-0.05, 0) is 24.3 Å². The summed E-state index contributed by atoms with van der Waals surface area (Å²) in [4.78, 5) is 24.8. The number of amides is 1. The highest BCUT2D eigenvalue weighted by Crippen LogP contribution is 2.20. The van der Waals surface area contributed by atoms with Crippen molar-refractivity contribution in [2.45, 2.75) is 18.6 Å². The third-order valence-electron chi connectivity index (χ3n) is 3.40. The third kappa shape index (κ3) is 5.12. The molecular weight excluding hydrogens is 331 g/mol. The minimum Gasteiger partial charge on any atom is -0.484 e. The van der Waals surface area contributed by atoms with E-state index in [1.165, 1.54) is 29.2 Å². The highest BCUT2D eigenvalue weighted by molar-refractivity contribution is 5.94. The summed E-state index contributed by atoms with van der Waals surface area (Å²) < 4.78 is 46.1. The van der Waals surface area contributed by atoms with Gasteiger partial charge < -0.3 is 19.5 Å². The summed E-state index contributed by atoms with van der Waals surface area (Å²) in [5.74, 6) is -1.45. The number of morpholine rings is 1. The van der Waals surface area contributed by atoms with Crippen LogP contribution in [0.25, 0.3) is 0 Å². The van der Waals surface area contributed by atoms with Gasteiger partial charge in [-0.2, -0.15) is 13.2 Å². The number of alkyl halides is 3. The predicted molar refractivity (Wildman–Crippen MR) is 75.9 cm³/mol. The molecule has 0 bridgehead atoms. The molecule has 9 heteroatoms. The normalized spacial score (nSPS) is 18.3. The quantitative estimate of drug-likeness (QED) is 0.881. The maximum Gasteiger partial charge on any atom is 0.422 e. The molecule has 132 valence electrons. The predicted octanol–water partition coefficient (Wildman–Crippen LogP) is 1.94. The molecular formula is C15H16F3NO5. The van der Waals surface area contributed by atoms with Gasteiger partial charge in [0.25, 0.3) is 5.91 Å². The number of halogens is 3. The van der Waals surface area contributed by atoms with E-state index in [4.69, 9.17) is 9.84 Å². The van der Waals surface area contributed by atoms with E-state index in [1.807, 2.05) is 0 Å². The zero-order valence-electron chi connectivity index (χ0n) is 12.6. The molecule has 1 fully saturated rings. The molecule has 1 aromatic rings. The van der Waals surface area contributed by atoms with Crippen LogP contribution in [0.4, 0.5) is 13.2 Å². The Morgan fingerprint density at radius 2 is 1.96 bits per heavy atom. The van der Waals surface area contributed by atoms with Crippen molar-refractivity contribution in [2.24, 2.45) is 0 Å². The summed E-state index contributed by atoms with van der Waals surface area (Å²) in [5.41, 5.74) is 0.242. The van der Waals surface area contributed by atoms with Crippen molar-refractivity contribution in [3.63, 3.8) is 0 Å².